The molecule has 3 N–H and O–H groups in total. The van der Waals surface area contributed by atoms with Crippen molar-refractivity contribution < 1.29 is 24.2 Å². The van der Waals surface area contributed by atoms with Crippen molar-refractivity contribution in [3.8, 4) is 5.75 Å². The van der Waals surface area contributed by atoms with E-state index in [1.54, 1.807) is 54.6 Å². The van der Waals surface area contributed by atoms with Gasteiger partial charge in [0.05, 0.1) is 18.4 Å². The highest BCUT2D eigenvalue weighted by atomic mass is 16.5. The van der Waals surface area contributed by atoms with E-state index in [0.29, 0.717) is 11.1 Å². The fraction of sp³-hybridized carbons (Fsp3) is 0.0417. The molecule has 3 aromatic carbocycles. The van der Waals surface area contributed by atoms with Crippen LogP contribution in [0.5, 0.6) is 5.75 Å². The second-order valence-corrected chi connectivity index (χ2v) is 6.46. The summed E-state index contributed by atoms with van der Waals surface area (Å²) in [6.45, 7) is 0. The first-order chi connectivity index (χ1) is 15.0. The summed E-state index contributed by atoms with van der Waals surface area (Å²) >= 11 is 0. The fourth-order valence-corrected chi connectivity index (χ4v) is 2.79. The zero-order chi connectivity index (χ0) is 22.2. The molecule has 3 rings (SSSR count). The number of anilines is 1. The van der Waals surface area contributed by atoms with Crippen LogP contribution in [0.15, 0.2) is 84.6 Å². The highest BCUT2D eigenvalue weighted by Crippen LogP contribution is 2.26. The third-order valence-corrected chi connectivity index (χ3v) is 4.33. The molecule has 0 aliphatic heterocycles. The van der Waals surface area contributed by atoms with Crippen molar-refractivity contribution in [2.75, 3.05) is 12.4 Å². The first-order valence-corrected chi connectivity index (χ1v) is 9.34. The molecule has 7 nitrogen and oxygen atoms in total. The Bertz CT molecular complexity index is 1130. The van der Waals surface area contributed by atoms with Crippen molar-refractivity contribution in [3.05, 3.63) is 101 Å². The van der Waals surface area contributed by atoms with Gasteiger partial charge in [-0.15, -0.1) is 0 Å². The Morgan fingerprint density at radius 1 is 0.871 bits per heavy atom. The predicted octanol–water partition coefficient (Wildman–Crippen LogP) is 3.80. The number of hydrogen-bond acceptors (Lipinski definition) is 4. The molecule has 156 valence electrons. The Morgan fingerprint density at radius 2 is 1.52 bits per heavy atom. The van der Waals surface area contributed by atoms with Gasteiger partial charge in [-0.05, 0) is 42.0 Å². The number of carbonyl (C=O) groups is 3. The van der Waals surface area contributed by atoms with Gasteiger partial charge in [0.25, 0.3) is 11.8 Å². The van der Waals surface area contributed by atoms with E-state index < -0.39 is 17.8 Å². The largest absolute Gasteiger partial charge is 0.495 e. The Hall–Kier alpha value is -4.39. The molecule has 0 atom stereocenters. The number of benzene rings is 3. The van der Waals surface area contributed by atoms with Crippen molar-refractivity contribution in [1.82, 2.24) is 5.32 Å². The Labute approximate surface area is 179 Å². The van der Waals surface area contributed by atoms with Gasteiger partial charge in [0.2, 0.25) is 0 Å². The summed E-state index contributed by atoms with van der Waals surface area (Å²) in [5, 5.41) is 14.5. The van der Waals surface area contributed by atoms with Crippen LogP contribution in [-0.2, 0) is 4.79 Å². The van der Waals surface area contributed by atoms with Crippen molar-refractivity contribution >= 4 is 29.5 Å². The molecule has 31 heavy (non-hydrogen) atoms. The lowest BCUT2D eigenvalue weighted by Gasteiger charge is -2.14. The standard InChI is InChI=1S/C24H20N2O5/c1-31-21-13-12-18(24(29)30)15-19(21)25-23(28)20(14-16-8-4-2-5-9-16)26-22(27)17-10-6-3-7-11-17/h2-15H,1H3,(H,25,28)(H,26,27)(H,29,30). The van der Waals surface area contributed by atoms with Crippen LogP contribution in [0.4, 0.5) is 5.69 Å². The third-order valence-electron chi connectivity index (χ3n) is 4.33. The van der Waals surface area contributed by atoms with E-state index in [2.05, 4.69) is 10.6 Å². The third kappa shape index (κ3) is 5.57. The molecule has 0 spiro atoms. The zero-order valence-electron chi connectivity index (χ0n) is 16.7. The first kappa shape index (κ1) is 21.3. The minimum Gasteiger partial charge on any atom is -0.495 e. The zero-order valence-corrected chi connectivity index (χ0v) is 16.7. The monoisotopic (exact) mass is 416 g/mol. The molecule has 0 heterocycles. The van der Waals surface area contributed by atoms with E-state index in [4.69, 9.17) is 4.74 Å². The molecule has 0 saturated heterocycles. The SMILES string of the molecule is COc1ccc(C(=O)O)cc1NC(=O)C(=Cc1ccccc1)NC(=O)c1ccccc1. The second-order valence-electron chi connectivity index (χ2n) is 6.46. The summed E-state index contributed by atoms with van der Waals surface area (Å²) in [5.74, 6) is -1.94. The number of ether oxygens (including phenoxy) is 1. The lowest BCUT2D eigenvalue weighted by atomic mass is 10.1. The van der Waals surface area contributed by atoms with Crippen LogP contribution in [0.3, 0.4) is 0 Å². The van der Waals surface area contributed by atoms with Gasteiger partial charge in [-0.2, -0.15) is 0 Å². The summed E-state index contributed by atoms with van der Waals surface area (Å²) < 4.78 is 5.21. The maximum Gasteiger partial charge on any atom is 0.335 e. The number of nitrogens with one attached hydrogen (secondary N) is 2. The van der Waals surface area contributed by atoms with Crippen LogP contribution in [0.1, 0.15) is 26.3 Å². The lowest BCUT2D eigenvalue weighted by Crippen LogP contribution is -2.30. The van der Waals surface area contributed by atoms with Crippen molar-refractivity contribution in [3.63, 3.8) is 0 Å². The minimum atomic E-state index is -1.14. The van der Waals surface area contributed by atoms with E-state index in [-0.39, 0.29) is 22.7 Å². The van der Waals surface area contributed by atoms with Crippen LogP contribution in [0.25, 0.3) is 6.08 Å². The molecule has 0 aliphatic rings. The average Bonchev–Trinajstić information content (AvgIpc) is 2.79. The number of methoxy groups -OCH3 is 1. The van der Waals surface area contributed by atoms with Gasteiger partial charge >= 0.3 is 5.97 Å². The Kier molecular flexibility index (Phi) is 6.80. The first-order valence-electron chi connectivity index (χ1n) is 9.34. The summed E-state index contributed by atoms with van der Waals surface area (Å²) in [6, 6.07) is 21.6. The number of carbonyl (C=O) groups excluding carboxylic acids is 2. The summed E-state index contributed by atoms with van der Waals surface area (Å²) in [5.41, 5.74) is 1.23. The van der Waals surface area contributed by atoms with Crippen LogP contribution in [0.2, 0.25) is 0 Å². The number of hydrogen-bond donors (Lipinski definition) is 3. The van der Waals surface area contributed by atoms with Crippen molar-refractivity contribution in [2.24, 2.45) is 0 Å². The number of aromatic carboxylic acids is 1. The molecule has 0 fully saturated rings. The van der Waals surface area contributed by atoms with E-state index in [9.17, 15) is 19.5 Å². The van der Waals surface area contributed by atoms with Crippen LogP contribution in [0, 0.1) is 0 Å². The predicted molar refractivity (Wildman–Crippen MR) is 117 cm³/mol. The van der Waals surface area contributed by atoms with E-state index in [1.165, 1.54) is 31.4 Å². The summed E-state index contributed by atoms with van der Waals surface area (Å²) in [7, 11) is 1.41. The van der Waals surface area contributed by atoms with Gasteiger partial charge in [0, 0.05) is 5.56 Å². The Balaban J connectivity index is 1.93. The molecule has 0 aromatic heterocycles. The van der Waals surface area contributed by atoms with Crippen molar-refractivity contribution in [2.45, 2.75) is 0 Å². The van der Waals surface area contributed by atoms with Crippen LogP contribution >= 0.6 is 0 Å². The fourth-order valence-electron chi connectivity index (χ4n) is 2.79. The molecule has 0 radical (unpaired) electrons. The molecule has 0 saturated carbocycles. The second kappa shape index (κ2) is 9.89. The molecule has 2 amide bonds. The molecule has 7 heteroatoms. The quantitative estimate of drug-likeness (QED) is 0.508. The highest BCUT2D eigenvalue weighted by molar-refractivity contribution is 6.11. The molecule has 3 aromatic rings. The van der Waals surface area contributed by atoms with Gasteiger partial charge in [0.1, 0.15) is 11.4 Å². The van der Waals surface area contributed by atoms with Crippen molar-refractivity contribution in [1.29, 1.82) is 0 Å². The average molecular weight is 416 g/mol. The minimum absolute atomic E-state index is 0.0113. The summed E-state index contributed by atoms with van der Waals surface area (Å²) in [6.07, 6.45) is 1.53. The number of carboxylic acids is 1. The number of amides is 2. The number of carboxylic acid groups (broad SMARTS) is 1. The number of rotatable bonds is 7. The van der Waals surface area contributed by atoms with Gasteiger partial charge in [0.15, 0.2) is 0 Å². The van der Waals surface area contributed by atoms with Gasteiger partial charge in [-0.25, -0.2) is 4.79 Å². The molecule has 0 bridgehead atoms. The van der Waals surface area contributed by atoms with Crippen LogP contribution in [-0.4, -0.2) is 30.0 Å². The topological polar surface area (TPSA) is 105 Å². The molecular formula is C24H20N2O5. The van der Waals surface area contributed by atoms with E-state index in [1.807, 2.05) is 6.07 Å². The molecular weight excluding hydrogens is 396 g/mol. The van der Waals surface area contributed by atoms with Gasteiger partial charge in [-0.3, -0.25) is 9.59 Å². The van der Waals surface area contributed by atoms with Gasteiger partial charge in [-0.1, -0.05) is 48.5 Å². The van der Waals surface area contributed by atoms with Gasteiger partial charge < -0.3 is 20.5 Å². The Morgan fingerprint density at radius 3 is 2.13 bits per heavy atom. The highest BCUT2D eigenvalue weighted by Gasteiger charge is 2.17. The maximum atomic E-state index is 13.0. The lowest BCUT2D eigenvalue weighted by molar-refractivity contribution is -0.113. The maximum absolute atomic E-state index is 13.0. The summed E-state index contributed by atoms with van der Waals surface area (Å²) in [4.78, 5) is 37.0. The normalized spacial score (nSPS) is 10.8. The van der Waals surface area contributed by atoms with E-state index >= 15 is 0 Å². The molecule has 0 aliphatic carbocycles. The van der Waals surface area contributed by atoms with Crippen LogP contribution < -0.4 is 15.4 Å². The smallest absolute Gasteiger partial charge is 0.335 e. The van der Waals surface area contributed by atoms with E-state index in [0.717, 1.165) is 0 Å². The molecule has 0 unspecified atom stereocenters.